The molecule has 9 heteroatoms. The van der Waals surface area contributed by atoms with Gasteiger partial charge in [0, 0.05) is 58.6 Å². The molecule has 2 saturated heterocycles. The van der Waals surface area contributed by atoms with Gasteiger partial charge in [-0.2, -0.15) is 0 Å². The summed E-state index contributed by atoms with van der Waals surface area (Å²) in [4.78, 5) is 30.5. The average molecular weight is 430 g/mol. The molecule has 0 radical (unpaired) electrons. The van der Waals surface area contributed by atoms with E-state index in [0.29, 0.717) is 26.2 Å². The number of hydrogen-bond acceptors (Lipinski definition) is 8. The number of likely N-dealkylation sites (N-methyl/N-ethyl adjacent to an activating group) is 1. The van der Waals surface area contributed by atoms with Crippen molar-refractivity contribution in [2.45, 2.75) is 39.0 Å². The van der Waals surface area contributed by atoms with Crippen molar-refractivity contribution in [1.29, 1.82) is 0 Å². The van der Waals surface area contributed by atoms with Gasteiger partial charge >= 0.3 is 6.09 Å². The van der Waals surface area contributed by atoms with Gasteiger partial charge in [-0.25, -0.2) is 9.78 Å². The molecule has 170 valence electrons. The zero-order chi connectivity index (χ0) is 22.0. The number of carbonyl (C=O) groups is 1. The number of aliphatic imine (C=N–C) groups is 1. The van der Waals surface area contributed by atoms with E-state index in [1.807, 2.05) is 27.0 Å². The monoisotopic (exact) mass is 429 g/mol. The normalized spacial score (nSPS) is 22.3. The smallest absolute Gasteiger partial charge is 0.410 e. The van der Waals surface area contributed by atoms with Crippen LogP contribution in [0, 0.1) is 0 Å². The van der Waals surface area contributed by atoms with Crippen molar-refractivity contribution in [2.24, 2.45) is 4.99 Å². The van der Waals surface area contributed by atoms with Crippen molar-refractivity contribution in [2.75, 3.05) is 64.3 Å². The number of guanidine groups is 1. The minimum atomic E-state index is -0.472. The maximum absolute atomic E-state index is 12.4. The molecule has 9 nitrogen and oxygen atoms in total. The van der Waals surface area contributed by atoms with Gasteiger partial charge in [-0.3, -0.25) is 4.99 Å². The Hall–Kier alpha value is -2.55. The maximum Gasteiger partial charge on any atom is 0.410 e. The second-order valence-electron chi connectivity index (χ2n) is 9.60. The van der Waals surface area contributed by atoms with Gasteiger partial charge < -0.3 is 29.7 Å². The Labute approximate surface area is 185 Å². The topological polar surface area (TPSA) is 76.5 Å². The number of piperazine rings is 2. The lowest BCUT2D eigenvalue weighted by Crippen LogP contribution is -2.57. The number of rotatable bonds is 3. The molecule has 1 aromatic heterocycles. The van der Waals surface area contributed by atoms with Crippen LogP contribution in [0.15, 0.2) is 23.3 Å². The van der Waals surface area contributed by atoms with Crippen LogP contribution in [-0.2, 0) is 11.3 Å². The lowest BCUT2D eigenvalue weighted by Gasteiger charge is -2.39. The minimum Gasteiger partial charge on any atom is -0.444 e. The number of ether oxygens (including phenoxy) is 1. The summed E-state index contributed by atoms with van der Waals surface area (Å²) < 4.78 is 5.53. The summed E-state index contributed by atoms with van der Waals surface area (Å²) in [6, 6.07) is 4.44. The van der Waals surface area contributed by atoms with Gasteiger partial charge in [-0.15, -0.1) is 0 Å². The van der Waals surface area contributed by atoms with Crippen molar-refractivity contribution in [3.63, 3.8) is 0 Å². The zero-order valence-corrected chi connectivity index (χ0v) is 19.2. The summed E-state index contributed by atoms with van der Waals surface area (Å²) in [5, 5.41) is 3.50. The van der Waals surface area contributed by atoms with E-state index in [4.69, 9.17) is 9.73 Å². The number of amides is 1. The van der Waals surface area contributed by atoms with Crippen LogP contribution in [0.5, 0.6) is 0 Å². The molecule has 0 aromatic carbocycles. The third-order valence-corrected chi connectivity index (χ3v) is 5.95. The molecule has 0 spiro atoms. The highest BCUT2D eigenvalue weighted by Crippen LogP contribution is 2.19. The van der Waals surface area contributed by atoms with Crippen LogP contribution in [0.25, 0.3) is 0 Å². The third-order valence-electron chi connectivity index (χ3n) is 5.95. The predicted octanol–water partition coefficient (Wildman–Crippen LogP) is 1.21. The summed E-state index contributed by atoms with van der Waals surface area (Å²) in [5.41, 5.74) is 0.725. The maximum atomic E-state index is 12.4. The molecule has 3 aliphatic rings. The second kappa shape index (κ2) is 8.90. The average Bonchev–Trinajstić information content (AvgIpc) is 3.14. The van der Waals surface area contributed by atoms with Gasteiger partial charge in [0.1, 0.15) is 11.4 Å². The molecule has 1 aromatic rings. The lowest BCUT2D eigenvalue weighted by molar-refractivity contribution is 0.0137. The molecule has 2 fully saturated rings. The minimum absolute atomic E-state index is 0.210. The van der Waals surface area contributed by atoms with E-state index in [0.717, 1.165) is 44.5 Å². The molecule has 0 bridgehead atoms. The molecule has 1 N–H and O–H groups in total. The highest BCUT2D eigenvalue weighted by molar-refractivity contribution is 5.82. The Morgan fingerprint density at radius 2 is 1.97 bits per heavy atom. The van der Waals surface area contributed by atoms with Gasteiger partial charge in [-0.05, 0) is 45.5 Å². The first-order chi connectivity index (χ1) is 14.8. The number of pyridine rings is 1. The van der Waals surface area contributed by atoms with Gasteiger partial charge in [0.15, 0.2) is 5.96 Å². The largest absolute Gasteiger partial charge is 0.444 e. The second-order valence-corrected chi connectivity index (χ2v) is 9.60. The number of nitrogens with zero attached hydrogens (tertiary/aromatic N) is 6. The fraction of sp³-hybridized carbons (Fsp3) is 0.682. The highest BCUT2D eigenvalue weighted by Gasteiger charge is 2.36. The molecule has 0 aliphatic carbocycles. The van der Waals surface area contributed by atoms with E-state index in [1.165, 1.54) is 5.56 Å². The third kappa shape index (κ3) is 5.39. The van der Waals surface area contributed by atoms with E-state index in [1.54, 1.807) is 4.90 Å². The van der Waals surface area contributed by atoms with Crippen LogP contribution in [0.1, 0.15) is 26.3 Å². The highest BCUT2D eigenvalue weighted by atomic mass is 16.6. The van der Waals surface area contributed by atoms with Crippen LogP contribution in [-0.4, -0.2) is 103 Å². The fourth-order valence-electron chi connectivity index (χ4n) is 4.18. The number of nitrogens with one attached hydrogen (secondary N) is 1. The molecular weight excluding hydrogens is 394 g/mol. The van der Waals surface area contributed by atoms with Gasteiger partial charge in [0.2, 0.25) is 0 Å². The molecule has 3 aliphatic heterocycles. The summed E-state index contributed by atoms with van der Waals surface area (Å²) in [6.07, 6.45) is 1.66. The summed E-state index contributed by atoms with van der Waals surface area (Å²) >= 11 is 0. The predicted molar refractivity (Wildman–Crippen MR) is 121 cm³/mol. The van der Waals surface area contributed by atoms with E-state index in [9.17, 15) is 4.79 Å². The number of anilines is 1. The molecule has 31 heavy (non-hydrogen) atoms. The fourth-order valence-corrected chi connectivity index (χ4v) is 4.18. The Bertz CT molecular complexity index is 814. The van der Waals surface area contributed by atoms with Crippen molar-refractivity contribution in [3.8, 4) is 0 Å². The van der Waals surface area contributed by atoms with Crippen LogP contribution >= 0.6 is 0 Å². The van der Waals surface area contributed by atoms with Crippen LogP contribution < -0.4 is 10.2 Å². The van der Waals surface area contributed by atoms with E-state index < -0.39 is 5.60 Å². The quantitative estimate of drug-likeness (QED) is 0.774. The van der Waals surface area contributed by atoms with Crippen molar-refractivity contribution >= 4 is 17.9 Å². The van der Waals surface area contributed by atoms with Crippen LogP contribution in [0.2, 0.25) is 0 Å². The van der Waals surface area contributed by atoms with E-state index >= 15 is 0 Å². The molecule has 4 heterocycles. The number of fused-ring (bicyclic) bond motifs is 1. The molecular formula is C22H35N7O2. The van der Waals surface area contributed by atoms with Gasteiger partial charge in [-0.1, -0.05) is 0 Å². The number of hydrogen-bond donors (Lipinski definition) is 1. The van der Waals surface area contributed by atoms with Crippen LogP contribution in [0.3, 0.4) is 0 Å². The van der Waals surface area contributed by atoms with Gasteiger partial charge in [0.25, 0.3) is 0 Å². The first-order valence-corrected chi connectivity index (χ1v) is 11.2. The van der Waals surface area contributed by atoms with E-state index in [2.05, 4.69) is 44.2 Å². The standard InChI is InChI=1S/C22H35N7O2/c1-22(2,3)31-21(30)28-11-12-29-18(16-28)15-25-20(29)24-14-17-5-6-23-19(13-17)27-9-7-26(4)8-10-27/h5-6,13,18H,7-12,14-16H2,1-4H3,(H,24,25). The SMILES string of the molecule is CN1CCN(c2cc(CNC3=NCC4CN(C(=O)OC(C)(C)C)CCN34)ccn2)CC1. The first kappa shape index (κ1) is 21.7. The lowest BCUT2D eigenvalue weighted by atomic mass is 10.2. The van der Waals surface area contributed by atoms with E-state index in [-0.39, 0.29) is 12.1 Å². The first-order valence-electron chi connectivity index (χ1n) is 11.2. The van der Waals surface area contributed by atoms with Gasteiger partial charge in [0.05, 0.1) is 12.6 Å². The van der Waals surface area contributed by atoms with Crippen molar-refractivity contribution in [1.82, 2.24) is 25.0 Å². The Kier molecular flexibility index (Phi) is 6.22. The molecule has 4 rings (SSSR count). The molecule has 1 amide bonds. The summed E-state index contributed by atoms with van der Waals surface area (Å²) in [6.45, 7) is 13.3. The Balaban J connectivity index is 1.29. The van der Waals surface area contributed by atoms with Crippen molar-refractivity contribution in [3.05, 3.63) is 23.9 Å². The Morgan fingerprint density at radius 1 is 1.19 bits per heavy atom. The molecule has 0 saturated carbocycles. The van der Waals surface area contributed by atoms with Crippen molar-refractivity contribution < 1.29 is 9.53 Å². The zero-order valence-electron chi connectivity index (χ0n) is 19.2. The summed E-state index contributed by atoms with van der Waals surface area (Å²) in [7, 11) is 2.16. The summed E-state index contributed by atoms with van der Waals surface area (Å²) in [5.74, 6) is 1.97. The molecule has 1 unspecified atom stereocenters. The number of carbonyl (C=O) groups excluding carboxylic acids is 1. The Morgan fingerprint density at radius 3 is 2.71 bits per heavy atom. The number of aromatic nitrogens is 1. The van der Waals surface area contributed by atoms with Crippen LogP contribution in [0.4, 0.5) is 10.6 Å². The molecule has 1 atom stereocenters.